The molecule has 1 spiro atoms. The highest BCUT2D eigenvalue weighted by Gasteiger charge is 2.54. The fourth-order valence-electron chi connectivity index (χ4n) is 2.90. The third-order valence-electron chi connectivity index (χ3n) is 3.79. The molecule has 2 rings (SSSR count). The number of nitrogens with one attached hydrogen (secondary N) is 1. The second-order valence-corrected chi connectivity index (χ2v) is 6.56. The van der Waals surface area contributed by atoms with E-state index in [0.29, 0.717) is 26.1 Å². The van der Waals surface area contributed by atoms with Crippen LogP contribution in [0.1, 0.15) is 27.2 Å². The van der Waals surface area contributed by atoms with Crippen molar-refractivity contribution >= 4 is 12.1 Å². The predicted molar refractivity (Wildman–Crippen MR) is 68.9 cm³/mol. The monoisotopic (exact) mass is 270 g/mol. The number of piperidine rings is 1. The largest absolute Gasteiger partial charge is 0.481 e. The Morgan fingerprint density at radius 2 is 2.00 bits per heavy atom. The van der Waals surface area contributed by atoms with Gasteiger partial charge in [0.15, 0.2) is 0 Å². The molecule has 6 heteroatoms. The Hall–Kier alpha value is -1.30. The average molecular weight is 270 g/mol. The Kier molecular flexibility index (Phi) is 3.47. The average Bonchev–Trinajstić information content (AvgIpc) is 2.23. The van der Waals surface area contributed by atoms with Gasteiger partial charge >= 0.3 is 12.1 Å². The molecule has 2 N–H and O–H groups in total. The van der Waals surface area contributed by atoms with E-state index >= 15 is 0 Å². The van der Waals surface area contributed by atoms with Crippen LogP contribution >= 0.6 is 0 Å². The van der Waals surface area contributed by atoms with Crippen molar-refractivity contribution in [2.75, 3.05) is 26.2 Å². The molecule has 0 bridgehead atoms. The van der Waals surface area contributed by atoms with E-state index in [-0.39, 0.29) is 17.4 Å². The van der Waals surface area contributed by atoms with Gasteiger partial charge in [0, 0.05) is 25.0 Å². The van der Waals surface area contributed by atoms with Crippen molar-refractivity contribution in [3.63, 3.8) is 0 Å². The van der Waals surface area contributed by atoms with Gasteiger partial charge in [-0.1, -0.05) is 0 Å². The first-order valence-corrected chi connectivity index (χ1v) is 6.65. The number of rotatable bonds is 1. The molecule has 0 aromatic heterocycles. The van der Waals surface area contributed by atoms with Gasteiger partial charge in [0.05, 0.1) is 5.92 Å². The number of carboxylic acid groups (broad SMARTS) is 1. The molecule has 2 aliphatic heterocycles. The molecule has 108 valence electrons. The zero-order chi connectivity index (χ0) is 14.3. The van der Waals surface area contributed by atoms with Gasteiger partial charge in [-0.15, -0.1) is 0 Å². The number of carboxylic acids is 1. The normalized spacial score (nSPS) is 25.8. The molecular formula is C13H22N2O4. The Bertz CT molecular complexity index is 383. The number of hydrogen-bond donors (Lipinski definition) is 2. The first-order valence-electron chi connectivity index (χ1n) is 6.65. The molecule has 6 nitrogen and oxygen atoms in total. The van der Waals surface area contributed by atoms with Crippen LogP contribution in [-0.4, -0.2) is 53.8 Å². The summed E-state index contributed by atoms with van der Waals surface area (Å²) in [5, 5.41) is 12.5. The summed E-state index contributed by atoms with van der Waals surface area (Å²) in [4.78, 5) is 24.8. The highest BCUT2D eigenvalue weighted by molar-refractivity contribution is 5.74. The number of carbonyl (C=O) groups excluding carboxylic acids is 1. The van der Waals surface area contributed by atoms with Gasteiger partial charge in [0.1, 0.15) is 5.60 Å². The van der Waals surface area contributed by atoms with Crippen molar-refractivity contribution in [1.29, 1.82) is 0 Å². The fourth-order valence-corrected chi connectivity index (χ4v) is 2.90. The molecule has 2 saturated heterocycles. The van der Waals surface area contributed by atoms with E-state index in [2.05, 4.69) is 5.32 Å². The lowest BCUT2D eigenvalue weighted by Crippen LogP contribution is -2.68. The van der Waals surface area contributed by atoms with Gasteiger partial charge in [-0.2, -0.15) is 0 Å². The second kappa shape index (κ2) is 4.67. The number of aliphatic carboxylic acids is 1. The molecular weight excluding hydrogens is 248 g/mol. The standard InChI is InChI=1S/C13H22N2O4/c1-12(2,3)19-11(18)15-7-13(8-15)6-14-5-4-9(13)10(16)17/h9,14H,4-8H2,1-3H3,(H,16,17). The molecule has 1 unspecified atom stereocenters. The van der Waals surface area contributed by atoms with Crippen molar-refractivity contribution in [1.82, 2.24) is 10.2 Å². The molecule has 0 radical (unpaired) electrons. The molecule has 2 fully saturated rings. The van der Waals surface area contributed by atoms with Gasteiger partial charge in [-0.25, -0.2) is 4.79 Å². The molecule has 0 saturated carbocycles. The van der Waals surface area contributed by atoms with Crippen molar-refractivity contribution in [3.8, 4) is 0 Å². The van der Waals surface area contributed by atoms with Crippen molar-refractivity contribution in [3.05, 3.63) is 0 Å². The quantitative estimate of drug-likeness (QED) is 0.740. The third-order valence-corrected chi connectivity index (χ3v) is 3.79. The summed E-state index contributed by atoms with van der Waals surface area (Å²) in [7, 11) is 0. The summed E-state index contributed by atoms with van der Waals surface area (Å²) in [6, 6.07) is 0. The number of hydrogen-bond acceptors (Lipinski definition) is 4. The minimum Gasteiger partial charge on any atom is -0.481 e. The summed E-state index contributed by atoms with van der Waals surface area (Å²) in [6.07, 6.45) is 0.269. The number of nitrogens with zero attached hydrogens (tertiary/aromatic N) is 1. The first-order chi connectivity index (χ1) is 8.73. The molecule has 2 heterocycles. The minimum atomic E-state index is -0.759. The van der Waals surface area contributed by atoms with Crippen molar-refractivity contribution in [2.45, 2.75) is 32.8 Å². The van der Waals surface area contributed by atoms with Gasteiger partial charge in [-0.3, -0.25) is 4.79 Å². The van der Waals surface area contributed by atoms with Crippen LogP contribution < -0.4 is 5.32 Å². The number of ether oxygens (including phenoxy) is 1. The Morgan fingerprint density at radius 3 is 2.53 bits per heavy atom. The SMILES string of the molecule is CC(C)(C)OC(=O)N1CC2(CNCCC2C(=O)O)C1. The summed E-state index contributed by atoms with van der Waals surface area (Å²) in [5.74, 6) is -1.13. The zero-order valence-electron chi connectivity index (χ0n) is 11.7. The lowest BCUT2D eigenvalue weighted by atomic mass is 9.66. The Balaban J connectivity index is 1.96. The van der Waals surface area contributed by atoms with Crippen LogP contribution in [0.15, 0.2) is 0 Å². The van der Waals surface area contributed by atoms with Crippen molar-refractivity contribution in [2.24, 2.45) is 11.3 Å². The van der Waals surface area contributed by atoms with Gasteiger partial charge in [0.25, 0.3) is 0 Å². The molecule has 1 atom stereocenters. The Labute approximate surface area is 113 Å². The van der Waals surface area contributed by atoms with Crippen LogP contribution in [0, 0.1) is 11.3 Å². The summed E-state index contributed by atoms with van der Waals surface area (Å²) in [6.45, 7) is 7.78. The van der Waals surface area contributed by atoms with Crippen LogP contribution in [0.25, 0.3) is 0 Å². The molecule has 0 aromatic rings. The number of carbonyl (C=O) groups is 2. The van der Waals surface area contributed by atoms with E-state index in [9.17, 15) is 14.7 Å². The summed E-state index contributed by atoms with van der Waals surface area (Å²) >= 11 is 0. The summed E-state index contributed by atoms with van der Waals surface area (Å²) < 4.78 is 5.29. The van der Waals surface area contributed by atoms with E-state index in [1.54, 1.807) is 4.90 Å². The van der Waals surface area contributed by atoms with Gasteiger partial charge in [-0.05, 0) is 33.7 Å². The first kappa shape index (κ1) is 14.1. The predicted octanol–water partition coefficient (Wildman–Crippen LogP) is 0.918. The van der Waals surface area contributed by atoms with Crippen LogP contribution in [0.2, 0.25) is 0 Å². The van der Waals surface area contributed by atoms with Crippen LogP contribution in [0.4, 0.5) is 4.79 Å². The van der Waals surface area contributed by atoms with Gasteiger partial charge in [0.2, 0.25) is 0 Å². The smallest absolute Gasteiger partial charge is 0.410 e. The molecule has 19 heavy (non-hydrogen) atoms. The maximum absolute atomic E-state index is 11.9. The van der Waals surface area contributed by atoms with Crippen LogP contribution in [0.5, 0.6) is 0 Å². The molecule has 0 aromatic carbocycles. The van der Waals surface area contributed by atoms with E-state index in [4.69, 9.17) is 4.74 Å². The molecule has 1 amide bonds. The second-order valence-electron chi connectivity index (χ2n) is 6.56. The number of likely N-dealkylation sites (tertiary alicyclic amines) is 1. The highest BCUT2D eigenvalue weighted by atomic mass is 16.6. The van der Waals surface area contributed by atoms with Gasteiger partial charge < -0.3 is 20.1 Å². The van der Waals surface area contributed by atoms with E-state index in [1.807, 2.05) is 20.8 Å². The maximum atomic E-state index is 11.9. The maximum Gasteiger partial charge on any atom is 0.410 e. The lowest BCUT2D eigenvalue weighted by molar-refractivity contribution is -0.156. The fraction of sp³-hybridized carbons (Fsp3) is 0.846. The minimum absolute atomic E-state index is 0.318. The van der Waals surface area contributed by atoms with Crippen molar-refractivity contribution < 1.29 is 19.4 Å². The van der Waals surface area contributed by atoms with E-state index < -0.39 is 11.6 Å². The molecule has 0 aliphatic carbocycles. The van der Waals surface area contributed by atoms with E-state index in [1.165, 1.54) is 0 Å². The zero-order valence-corrected chi connectivity index (χ0v) is 11.7. The van der Waals surface area contributed by atoms with Crippen LogP contribution in [-0.2, 0) is 9.53 Å². The lowest BCUT2D eigenvalue weighted by Gasteiger charge is -2.54. The topological polar surface area (TPSA) is 78.9 Å². The van der Waals surface area contributed by atoms with Crippen LogP contribution in [0.3, 0.4) is 0 Å². The Morgan fingerprint density at radius 1 is 1.37 bits per heavy atom. The molecule has 2 aliphatic rings. The van der Waals surface area contributed by atoms with E-state index in [0.717, 1.165) is 6.54 Å². The third kappa shape index (κ3) is 2.83. The number of amides is 1. The highest BCUT2D eigenvalue weighted by Crippen LogP contribution is 2.41. The summed E-state index contributed by atoms with van der Waals surface area (Å²) in [5.41, 5.74) is -0.835.